The van der Waals surface area contributed by atoms with Gasteiger partial charge in [0, 0.05) is 64.6 Å². The number of nitrogens with zero attached hydrogens (tertiary/aromatic N) is 5. The van der Waals surface area contributed by atoms with Crippen LogP contribution in [-0.2, 0) is 59.5 Å². The van der Waals surface area contributed by atoms with Gasteiger partial charge in [-0.15, -0.1) is 0 Å². The summed E-state index contributed by atoms with van der Waals surface area (Å²) in [6.45, 7) is 19.7. The Morgan fingerprint density at radius 1 is 0.780 bits per heavy atom. The van der Waals surface area contributed by atoms with Gasteiger partial charge in [-0.05, 0) is 92.7 Å². The molecular formula is C65H95N11O14S. The Kier molecular flexibility index (Phi) is 29.0. The lowest BCUT2D eigenvalue weighted by atomic mass is 9.82. The maximum Gasteiger partial charge on any atom is 0.410 e. The van der Waals surface area contributed by atoms with Crippen LogP contribution in [-0.4, -0.2) is 176 Å². The van der Waals surface area contributed by atoms with Crippen molar-refractivity contribution < 1.29 is 66.1 Å². The van der Waals surface area contributed by atoms with Gasteiger partial charge in [0.25, 0.3) is 5.91 Å². The molecule has 0 bridgehead atoms. The number of carbonyl (C=O) groups excluding carboxylic acids is 9. The summed E-state index contributed by atoms with van der Waals surface area (Å²) >= 11 is 0. The van der Waals surface area contributed by atoms with E-state index in [0.717, 1.165) is 25.2 Å². The van der Waals surface area contributed by atoms with E-state index >= 15 is 0 Å². The summed E-state index contributed by atoms with van der Waals surface area (Å²) in [6.07, 6.45) is 0.854. The minimum Gasteiger partial charge on any atom is -0.445 e. The van der Waals surface area contributed by atoms with Crippen molar-refractivity contribution in [1.29, 1.82) is 5.26 Å². The highest BCUT2D eigenvalue weighted by atomic mass is 32.2. The predicted octanol–water partition coefficient (Wildman–Crippen LogP) is 5.03. The molecule has 1 aliphatic heterocycles. The van der Waals surface area contributed by atoms with Gasteiger partial charge >= 0.3 is 6.09 Å². The number of anilines is 1. The zero-order valence-electron chi connectivity index (χ0n) is 55.2. The Morgan fingerprint density at radius 3 is 1.99 bits per heavy atom. The molecule has 91 heavy (non-hydrogen) atoms. The molecule has 1 aliphatic rings. The topological polar surface area (TPSA) is 345 Å². The van der Waals surface area contributed by atoms with E-state index in [1.807, 2.05) is 62.9 Å². The second kappa shape index (κ2) is 35.0. The molecular weight excluding hydrogens is 1190 g/mol. The monoisotopic (exact) mass is 1290 g/mol. The lowest BCUT2D eigenvalue weighted by molar-refractivity contribution is -0.147. The van der Waals surface area contributed by atoms with E-state index in [2.05, 4.69) is 36.9 Å². The van der Waals surface area contributed by atoms with Gasteiger partial charge in [-0.2, -0.15) is 5.26 Å². The van der Waals surface area contributed by atoms with E-state index in [-0.39, 0.29) is 66.9 Å². The zero-order chi connectivity index (χ0) is 68.2. The van der Waals surface area contributed by atoms with Crippen LogP contribution in [0.25, 0.3) is 0 Å². The van der Waals surface area contributed by atoms with Crippen LogP contribution < -0.4 is 31.9 Å². The number of hydrogen-bond donors (Lipinski definition) is 7. The highest BCUT2D eigenvalue weighted by molar-refractivity contribution is 7.90. The molecule has 26 heteroatoms. The van der Waals surface area contributed by atoms with Crippen LogP contribution in [0.1, 0.15) is 148 Å². The van der Waals surface area contributed by atoms with Crippen molar-refractivity contribution in [2.45, 2.75) is 181 Å². The molecule has 0 unspecified atom stereocenters. The molecule has 0 radical (unpaired) electrons. The first-order chi connectivity index (χ1) is 42.8. The second-order valence-electron chi connectivity index (χ2n) is 24.3. The molecule has 2 aromatic carbocycles. The number of benzene rings is 2. The number of hydrogen-bond acceptors (Lipinski definition) is 16. The summed E-state index contributed by atoms with van der Waals surface area (Å²) in [4.78, 5) is 131. The van der Waals surface area contributed by atoms with Crippen LogP contribution in [0.3, 0.4) is 0 Å². The Labute approximate surface area is 535 Å². The molecule has 4 rings (SSSR count). The highest BCUT2D eigenvalue weighted by Gasteiger charge is 2.43. The summed E-state index contributed by atoms with van der Waals surface area (Å²) in [5.74, 6) is -5.64. The number of aliphatic hydroxyl groups excluding tert-OH is 1. The lowest BCUT2D eigenvalue weighted by Gasteiger charge is -2.41. The predicted molar refractivity (Wildman–Crippen MR) is 341 cm³/mol. The fourth-order valence-electron chi connectivity index (χ4n) is 11.4. The molecule has 1 saturated heterocycles. The largest absolute Gasteiger partial charge is 0.445 e. The Bertz CT molecular complexity index is 3160. The quantitative estimate of drug-likeness (QED) is 0.0431. The SMILES string of the molecule is CC[C@H]([C@@H](C)C(=O)N[C@H](C)[C@@H](O)c1ccccc1)[C@@H]1CCCN1C(=O)C[C@@H](OC)[C@H]([C@@H](C)CC)N(C)C(=O)[C@@H](NC(=O)[C@H](C(C)C)N(C)C(=O)OCc1ccc(NC(=O)[C@H](C)NC(=O)[C@H](C)NC(=O)CCNC(=O)c2ccc(C#N)c(S(C)(=O)=O)n2)cc1)C(C)C. The van der Waals surface area contributed by atoms with Crippen molar-refractivity contribution in [3.05, 3.63) is 89.1 Å². The molecule has 25 nitrogen and oxygen atoms in total. The Morgan fingerprint density at radius 2 is 1.42 bits per heavy atom. The molecule has 9 amide bonds. The van der Waals surface area contributed by atoms with E-state index in [1.54, 1.807) is 76.9 Å². The number of rotatable bonds is 32. The third kappa shape index (κ3) is 21.0. The van der Waals surface area contributed by atoms with E-state index in [4.69, 9.17) is 9.47 Å². The number of likely N-dealkylation sites (tertiary alicyclic amines) is 1. The standard InChI is InChI=1S/C65H95N11O14S/c1-16-39(7)56(51(89-14)34-53(78)76-33-21-24-50(76)48(17-2)40(8)58(80)69-41(9)57(79)45-22-19-18-20-23-45)74(12)64(85)54(37(3)4)73-62(84)55(38(5)6)75(13)65(86)90-36-44-25-28-47(29-26-44)71-60(82)43(11)70-59(81)42(10)68-52(77)31-32-67-61(83)49-30-27-46(35-66)63(72-49)91(15,87)88/h18-20,22-23,25-30,37-43,48,50-51,54-57,79H,16-17,21,24,31-34,36H2,1-15H3,(H,67,83)(H,68,77)(H,69,80)(H,70,81)(H,71,82)(H,73,84)/t39-,40+,41+,42-,43-,48+,50-,51+,54-,55-,56-,57+/m0/s1. The summed E-state index contributed by atoms with van der Waals surface area (Å²) in [5.41, 5.74) is 1.07. The van der Waals surface area contributed by atoms with Crippen molar-refractivity contribution in [1.82, 2.24) is 46.3 Å². The van der Waals surface area contributed by atoms with E-state index in [9.17, 15) is 61.9 Å². The fourth-order valence-corrected chi connectivity index (χ4v) is 12.2. The molecule has 0 spiro atoms. The van der Waals surface area contributed by atoms with Crippen LogP contribution in [0.5, 0.6) is 0 Å². The van der Waals surface area contributed by atoms with E-state index in [0.29, 0.717) is 36.2 Å². The van der Waals surface area contributed by atoms with Crippen LogP contribution >= 0.6 is 0 Å². The first-order valence-electron chi connectivity index (χ1n) is 31.0. The number of likely N-dealkylation sites (N-methyl/N-ethyl adjacent to an activating group) is 2. The molecule has 3 aromatic rings. The van der Waals surface area contributed by atoms with Gasteiger partial charge in [0.1, 0.15) is 42.5 Å². The average molecular weight is 1290 g/mol. The first kappa shape index (κ1) is 75.4. The van der Waals surface area contributed by atoms with Gasteiger partial charge in [0.15, 0.2) is 14.9 Å². The second-order valence-corrected chi connectivity index (χ2v) is 26.3. The maximum absolute atomic E-state index is 14.8. The number of aromatic nitrogens is 1. The highest BCUT2D eigenvalue weighted by Crippen LogP contribution is 2.34. The van der Waals surface area contributed by atoms with Crippen LogP contribution in [0.2, 0.25) is 0 Å². The molecule has 1 aromatic heterocycles. The molecule has 2 heterocycles. The smallest absolute Gasteiger partial charge is 0.410 e. The Hall–Kier alpha value is -8.02. The van der Waals surface area contributed by atoms with Gasteiger partial charge in [0.2, 0.25) is 41.4 Å². The van der Waals surface area contributed by atoms with Crippen molar-refractivity contribution in [2.75, 3.05) is 45.9 Å². The van der Waals surface area contributed by atoms with E-state index in [1.165, 1.54) is 39.0 Å². The van der Waals surface area contributed by atoms with E-state index < -0.39 is 123 Å². The molecule has 12 atom stereocenters. The Balaban J connectivity index is 1.31. The third-order valence-electron chi connectivity index (χ3n) is 16.9. The molecule has 0 saturated carbocycles. The van der Waals surface area contributed by atoms with Crippen LogP contribution in [0.15, 0.2) is 71.8 Å². The van der Waals surface area contributed by atoms with Crippen molar-refractivity contribution in [3.63, 3.8) is 0 Å². The number of ether oxygens (including phenoxy) is 2. The number of pyridine rings is 1. The molecule has 0 aliphatic carbocycles. The number of carbonyl (C=O) groups is 9. The van der Waals surface area contributed by atoms with Crippen LogP contribution in [0.4, 0.5) is 10.5 Å². The third-order valence-corrected chi connectivity index (χ3v) is 17.9. The van der Waals surface area contributed by atoms with Crippen molar-refractivity contribution in [2.24, 2.45) is 29.6 Å². The van der Waals surface area contributed by atoms with Gasteiger partial charge < -0.3 is 56.3 Å². The molecule has 500 valence electrons. The summed E-state index contributed by atoms with van der Waals surface area (Å²) in [7, 11) is 0.691. The number of amides is 9. The molecule has 7 N–H and O–H groups in total. The van der Waals surface area contributed by atoms with Gasteiger partial charge in [-0.25, -0.2) is 18.2 Å². The van der Waals surface area contributed by atoms with Gasteiger partial charge in [-0.3, -0.25) is 43.3 Å². The number of aliphatic hydroxyl groups is 1. The lowest BCUT2D eigenvalue weighted by Crippen LogP contribution is -2.60. The van der Waals surface area contributed by atoms with Crippen molar-refractivity contribution in [3.8, 4) is 6.07 Å². The summed E-state index contributed by atoms with van der Waals surface area (Å²) in [5, 5.41) is 35.7. The average Bonchev–Trinajstić information content (AvgIpc) is 1.83. The van der Waals surface area contributed by atoms with Crippen LogP contribution in [0, 0.1) is 40.9 Å². The minimum absolute atomic E-state index is 0.0364. The summed E-state index contributed by atoms with van der Waals surface area (Å²) < 4.78 is 35.8. The number of nitrogens with one attached hydrogen (secondary N) is 6. The fraction of sp³-hybridized carbons (Fsp3) is 0.585. The summed E-state index contributed by atoms with van der Waals surface area (Å²) in [6, 6.07) is 13.9. The number of nitriles is 1. The minimum atomic E-state index is -3.91. The number of sulfone groups is 1. The zero-order valence-corrected chi connectivity index (χ0v) is 56.0. The number of methoxy groups -OCH3 is 1. The van der Waals surface area contributed by atoms with Gasteiger partial charge in [-0.1, -0.05) is 111 Å². The maximum atomic E-state index is 14.8. The van der Waals surface area contributed by atoms with Crippen molar-refractivity contribution >= 4 is 68.9 Å². The molecule has 1 fully saturated rings. The van der Waals surface area contributed by atoms with Gasteiger partial charge in [0.05, 0.1) is 36.3 Å². The normalized spacial score (nSPS) is 16.8. The first-order valence-corrected chi connectivity index (χ1v) is 32.9.